The number of imidazole rings is 1. The number of aromatic nitrogens is 4. The summed E-state index contributed by atoms with van der Waals surface area (Å²) < 4.78 is 7.24. The highest BCUT2D eigenvalue weighted by Gasteiger charge is 2.42. The molecule has 0 amide bonds. The van der Waals surface area contributed by atoms with Crippen molar-refractivity contribution in [3.05, 3.63) is 76.3 Å². The van der Waals surface area contributed by atoms with Crippen molar-refractivity contribution >= 4 is 38.7 Å². The summed E-state index contributed by atoms with van der Waals surface area (Å²) in [5.41, 5.74) is 0.719. The molecule has 1 fully saturated rings. The summed E-state index contributed by atoms with van der Waals surface area (Å²) in [6.07, 6.45) is -5.05. The van der Waals surface area contributed by atoms with Gasteiger partial charge in [0.1, 0.15) is 30.6 Å². The minimum absolute atomic E-state index is 0.00730. The van der Waals surface area contributed by atoms with Gasteiger partial charge in [-0.3, -0.25) is 14.3 Å². The van der Waals surface area contributed by atoms with Crippen LogP contribution >= 0.6 is 0 Å². The first-order valence-electron chi connectivity index (χ1n) is 13.0. The Morgan fingerprint density at radius 2 is 1.80 bits per heavy atom. The lowest BCUT2D eigenvalue weighted by molar-refractivity contribution is -0.0767. The highest BCUT2D eigenvalue weighted by Crippen LogP contribution is 2.43. The van der Waals surface area contributed by atoms with Gasteiger partial charge in [-0.2, -0.15) is 4.98 Å². The van der Waals surface area contributed by atoms with Crippen LogP contribution in [0.3, 0.4) is 0 Å². The number of hydrogen-bond acceptors (Lipinski definition) is 10. The molecule has 5 aromatic rings. The number of H-pyrrole nitrogens is 1. The van der Waals surface area contributed by atoms with Gasteiger partial charge in [-0.25, -0.2) is 4.98 Å². The molecular formula is C28H27N5O7. The number of fused-ring (bicyclic) bond motifs is 5. The van der Waals surface area contributed by atoms with Gasteiger partial charge in [0.05, 0.1) is 25.1 Å². The molecule has 206 valence electrons. The van der Waals surface area contributed by atoms with Crippen LogP contribution < -0.4 is 10.9 Å². The Kier molecular flexibility index (Phi) is 5.85. The Balaban J connectivity index is 1.35. The van der Waals surface area contributed by atoms with Gasteiger partial charge in [-0.1, -0.05) is 36.4 Å². The van der Waals surface area contributed by atoms with Gasteiger partial charge >= 0.3 is 0 Å². The van der Waals surface area contributed by atoms with Gasteiger partial charge in [-0.05, 0) is 44.8 Å². The van der Waals surface area contributed by atoms with Gasteiger partial charge in [0.2, 0.25) is 5.95 Å². The number of benzene rings is 3. The maximum atomic E-state index is 13.0. The molecule has 3 aromatic carbocycles. The summed E-state index contributed by atoms with van der Waals surface area (Å²) in [7, 11) is 0. The number of ether oxygens (including phenoxy) is 1. The first-order chi connectivity index (χ1) is 19.3. The second-order valence-electron chi connectivity index (χ2n) is 10.4. The van der Waals surface area contributed by atoms with Gasteiger partial charge < -0.3 is 35.6 Å². The van der Waals surface area contributed by atoms with Crippen molar-refractivity contribution in [2.24, 2.45) is 0 Å². The lowest BCUT2D eigenvalue weighted by Crippen LogP contribution is -2.44. The van der Waals surface area contributed by atoms with E-state index in [9.17, 15) is 30.3 Å². The van der Waals surface area contributed by atoms with Crippen LogP contribution in [0.1, 0.15) is 35.9 Å². The monoisotopic (exact) mass is 545 g/mol. The fourth-order valence-corrected chi connectivity index (χ4v) is 5.96. The first kappa shape index (κ1) is 25.1. The highest BCUT2D eigenvalue weighted by molar-refractivity contribution is 6.00. The van der Waals surface area contributed by atoms with Crippen molar-refractivity contribution < 1.29 is 30.3 Å². The molecule has 40 heavy (non-hydrogen) atoms. The molecule has 2 aromatic heterocycles. The molecule has 1 saturated heterocycles. The van der Waals surface area contributed by atoms with E-state index < -0.39 is 48.3 Å². The zero-order valence-corrected chi connectivity index (χ0v) is 21.0. The zero-order chi connectivity index (χ0) is 27.7. The normalized spacial score (nSPS) is 28.4. The molecule has 12 heteroatoms. The fourth-order valence-electron chi connectivity index (χ4n) is 5.96. The predicted molar refractivity (Wildman–Crippen MR) is 145 cm³/mol. The average molecular weight is 546 g/mol. The maximum absolute atomic E-state index is 13.0. The molecule has 7 N–H and O–H groups in total. The van der Waals surface area contributed by atoms with Crippen LogP contribution in [0.15, 0.2) is 59.7 Å². The van der Waals surface area contributed by atoms with Crippen molar-refractivity contribution in [2.45, 2.75) is 49.2 Å². The van der Waals surface area contributed by atoms with E-state index >= 15 is 0 Å². The standard InChI is InChI=1S/C28H27N5O7/c34-10-18-17(35)9-19(40-18)33-11-29-22-26(33)31-28(32-27(22)39)30-21-20-15(23(36)25(38)24(21)37)6-5-14-7-12-3-1-2-4-13(12)8-16(14)20/h1-8,11,17-19,21,23-25,34-38H,9-10H2,(H2,30,31,32,39)/t17-,18+,19+,21?,23?,24?,25?/m0/s1. The van der Waals surface area contributed by atoms with Crippen LogP contribution in [-0.2, 0) is 4.74 Å². The van der Waals surface area contributed by atoms with E-state index in [1.807, 2.05) is 42.5 Å². The fraction of sp³-hybridized carbons (Fsp3) is 0.321. The minimum atomic E-state index is -1.49. The highest BCUT2D eigenvalue weighted by atomic mass is 16.5. The van der Waals surface area contributed by atoms with Gasteiger partial charge in [-0.15, -0.1) is 0 Å². The van der Waals surface area contributed by atoms with Gasteiger partial charge in [0.25, 0.3) is 5.56 Å². The number of aromatic amines is 1. The maximum Gasteiger partial charge on any atom is 0.280 e. The van der Waals surface area contributed by atoms with Crippen molar-refractivity contribution in [1.82, 2.24) is 19.5 Å². The Labute approximate surface area is 226 Å². The summed E-state index contributed by atoms with van der Waals surface area (Å²) in [6, 6.07) is 14.5. The Bertz CT molecular complexity index is 1820. The zero-order valence-electron chi connectivity index (χ0n) is 21.0. The molecule has 7 atom stereocenters. The number of aliphatic hydroxyl groups is 5. The molecule has 0 radical (unpaired) electrons. The molecule has 12 nitrogen and oxygen atoms in total. The van der Waals surface area contributed by atoms with Gasteiger partial charge in [0.15, 0.2) is 11.2 Å². The smallest absolute Gasteiger partial charge is 0.280 e. The molecule has 7 rings (SSSR count). The second-order valence-corrected chi connectivity index (χ2v) is 10.4. The summed E-state index contributed by atoms with van der Waals surface area (Å²) >= 11 is 0. The summed E-state index contributed by atoms with van der Waals surface area (Å²) in [4.78, 5) is 24.3. The third-order valence-corrected chi connectivity index (χ3v) is 8.02. The van der Waals surface area contributed by atoms with E-state index in [0.717, 1.165) is 21.5 Å². The van der Waals surface area contributed by atoms with E-state index in [2.05, 4.69) is 20.3 Å². The number of anilines is 1. The Morgan fingerprint density at radius 1 is 1.02 bits per heavy atom. The molecule has 0 bridgehead atoms. The van der Waals surface area contributed by atoms with Crippen LogP contribution in [0.4, 0.5) is 5.95 Å². The van der Waals surface area contributed by atoms with Crippen molar-refractivity contribution in [1.29, 1.82) is 0 Å². The van der Waals surface area contributed by atoms with Crippen molar-refractivity contribution in [2.75, 3.05) is 11.9 Å². The van der Waals surface area contributed by atoms with Crippen LogP contribution in [0.2, 0.25) is 0 Å². The minimum Gasteiger partial charge on any atom is -0.394 e. The molecule has 4 unspecified atom stereocenters. The molecule has 0 saturated carbocycles. The number of hydrogen-bond donors (Lipinski definition) is 7. The largest absolute Gasteiger partial charge is 0.394 e. The van der Waals surface area contributed by atoms with E-state index in [1.54, 1.807) is 6.07 Å². The molecular weight excluding hydrogens is 518 g/mol. The third kappa shape index (κ3) is 3.80. The SMILES string of the molecule is O=c1[nH]c(NC2c3c(ccc4cc5ccccc5cc34)C(O)C(O)C2O)nc2c1ncn2[C@H]1C[C@H](O)[C@@H](CO)O1. The molecule has 1 aliphatic heterocycles. The number of nitrogens with zero attached hydrogens (tertiary/aromatic N) is 3. The lowest BCUT2D eigenvalue weighted by Gasteiger charge is -2.38. The number of rotatable bonds is 4. The van der Waals surface area contributed by atoms with Crippen LogP contribution in [0, 0.1) is 0 Å². The van der Waals surface area contributed by atoms with E-state index in [1.165, 1.54) is 10.9 Å². The van der Waals surface area contributed by atoms with E-state index in [0.29, 0.717) is 11.1 Å². The topological polar surface area (TPSA) is 186 Å². The lowest BCUT2D eigenvalue weighted by atomic mass is 9.79. The van der Waals surface area contributed by atoms with Crippen molar-refractivity contribution in [3.63, 3.8) is 0 Å². The van der Waals surface area contributed by atoms with Crippen LogP contribution in [0.25, 0.3) is 32.7 Å². The average Bonchev–Trinajstić information content (AvgIpc) is 3.55. The molecule has 1 aliphatic carbocycles. The van der Waals surface area contributed by atoms with Crippen molar-refractivity contribution in [3.8, 4) is 0 Å². The summed E-state index contributed by atoms with van der Waals surface area (Å²) in [5, 5.41) is 59.1. The molecule has 3 heterocycles. The Hall–Kier alpha value is -3.91. The molecule has 0 spiro atoms. The van der Waals surface area contributed by atoms with Crippen LogP contribution in [0.5, 0.6) is 0 Å². The van der Waals surface area contributed by atoms with Gasteiger partial charge in [0, 0.05) is 6.42 Å². The molecule has 2 aliphatic rings. The predicted octanol–water partition coefficient (Wildman–Crippen LogP) is 0.989. The quantitative estimate of drug-likeness (QED) is 0.161. The second kappa shape index (κ2) is 9.34. The van der Waals surface area contributed by atoms with Crippen LogP contribution in [-0.4, -0.2) is 76.1 Å². The Morgan fingerprint density at radius 3 is 2.55 bits per heavy atom. The van der Waals surface area contributed by atoms with E-state index in [-0.39, 0.29) is 30.1 Å². The van der Waals surface area contributed by atoms with E-state index in [4.69, 9.17) is 4.74 Å². The third-order valence-electron chi connectivity index (χ3n) is 8.02. The summed E-state index contributed by atoms with van der Waals surface area (Å²) in [5.74, 6) is 0.00730. The number of aliphatic hydroxyl groups excluding tert-OH is 5. The number of nitrogens with one attached hydrogen (secondary N) is 2. The first-order valence-corrected chi connectivity index (χ1v) is 13.0. The summed E-state index contributed by atoms with van der Waals surface area (Å²) in [6.45, 7) is -0.360.